The summed E-state index contributed by atoms with van der Waals surface area (Å²) < 4.78 is 28.9. The molecule has 4 aromatic rings. The number of sulfonamides is 1. The van der Waals surface area contributed by atoms with Gasteiger partial charge in [-0.2, -0.15) is 0 Å². The van der Waals surface area contributed by atoms with E-state index in [1.807, 2.05) is 0 Å². The Morgan fingerprint density at radius 2 is 1.72 bits per heavy atom. The van der Waals surface area contributed by atoms with E-state index in [1.54, 1.807) is 23.6 Å². The molecular weight excluding hydrogens is 533 g/mol. The molecule has 164 valence electrons. The molecule has 2 N–H and O–H groups in total. The van der Waals surface area contributed by atoms with Gasteiger partial charge in [0.25, 0.3) is 15.9 Å². The number of halogens is 3. The topological polar surface area (TPSA) is 88.2 Å². The maximum absolute atomic E-state index is 12.9. The highest BCUT2D eigenvalue weighted by Crippen LogP contribution is 2.39. The number of hydrogen-bond donors (Lipinski definition) is 2. The fourth-order valence-corrected chi connectivity index (χ4v) is 6.11. The number of anilines is 2. The van der Waals surface area contributed by atoms with Crippen molar-refractivity contribution in [3.05, 3.63) is 79.2 Å². The third kappa shape index (κ3) is 5.09. The van der Waals surface area contributed by atoms with Gasteiger partial charge in [-0.1, -0.05) is 46.9 Å². The van der Waals surface area contributed by atoms with Gasteiger partial charge in [-0.25, -0.2) is 13.4 Å². The fourth-order valence-electron chi connectivity index (χ4n) is 2.72. The van der Waals surface area contributed by atoms with E-state index in [0.717, 1.165) is 0 Å². The van der Waals surface area contributed by atoms with Crippen LogP contribution in [0.4, 0.5) is 10.8 Å². The van der Waals surface area contributed by atoms with Gasteiger partial charge in [0.2, 0.25) is 0 Å². The summed E-state index contributed by atoms with van der Waals surface area (Å²) in [5, 5.41) is 5.18. The molecule has 0 atom stereocenters. The molecule has 0 spiro atoms. The van der Waals surface area contributed by atoms with Crippen molar-refractivity contribution < 1.29 is 13.2 Å². The quantitative estimate of drug-likeness (QED) is 0.277. The Balaban J connectivity index is 1.56. The van der Waals surface area contributed by atoms with Gasteiger partial charge in [-0.15, -0.1) is 22.7 Å². The number of nitrogens with one attached hydrogen (secondary N) is 2. The van der Waals surface area contributed by atoms with Crippen molar-refractivity contribution in [3.63, 3.8) is 0 Å². The number of benzene rings is 2. The lowest BCUT2D eigenvalue weighted by molar-refractivity contribution is 0.102. The van der Waals surface area contributed by atoms with E-state index in [-0.39, 0.29) is 16.1 Å². The zero-order chi connectivity index (χ0) is 22.9. The van der Waals surface area contributed by atoms with E-state index in [1.165, 1.54) is 59.1 Å². The minimum atomic E-state index is -3.92. The van der Waals surface area contributed by atoms with E-state index in [0.29, 0.717) is 30.1 Å². The second-order valence-electron chi connectivity index (χ2n) is 6.33. The summed E-state index contributed by atoms with van der Waals surface area (Å²) in [6, 6.07) is 13.7. The van der Waals surface area contributed by atoms with E-state index >= 15 is 0 Å². The van der Waals surface area contributed by atoms with E-state index in [2.05, 4.69) is 15.0 Å². The minimum absolute atomic E-state index is 0.0213. The summed E-state index contributed by atoms with van der Waals surface area (Å²) in [5.41, 5.74) is 1.52. The first-order chi connectivity index (χ1) is 15.2. The fraction of sp³-hybridized carbons (Fsp3) is 0. The molecule has 0 unspecified atom stereocenters. The lowest BCUT2D eigenvalue weighted by Crippen LogP contribution is -2.18. The number of thiophene rings is 1. The first-order valence-electron chi connectivity index (χ1n) is 8.82. The Morgan fingerprint density at radius 1 is 1.00 bits per heavy atom. The number of carbonyl (C=O) groups is 1. The van der Waals surface area contributed by atoms with Crippen molar-refractivity contribution in [2.24, 2.45) is 0 Å². The number of para-hydroxylation sites is 1. The van der Waals surface area contributed by atoms with Crippen LogP contribution in [0.2, 0.25) is 13.7 Å². The Morgan fingerprint density at radius 3 is 2.41 bits per heavy atom. The summed E-state index contributed by atoms with van der Waals surface area (Å²) in [7, 11) is -3.92. The van der Waals surface area contributed by atoms with E-state index in [9.17, 15) is 13.2 Å². The molecule has 4 rings (SSSR count). The van der Waals surface area contributed by atoms with Crippen LogP contribution in [-0.2, 0) is 10.0 Å². The highest BCUT2D eigenvalue weighted by Gasteiger charge is 2.20. The van der Waals surface area contributed by atoms with Gasteiger partial charge in [0.1, 0.15) is 4.34 Å². The van der Waals surface area contributed by atoms with E-state index in [4.69, 9.17) is 34.8 Å². The first kappa shape index (κ1) is 23.0. The SMILES string of the molecule is O=C(Nc1nc(-c2cc(Cl)sc2Cl)cs1)c1ccccc1NS(=O)(=O)c1ccc(Cl)cc1. The molecular formula is C20H12Cl3N3O3S3. The summed E-state index contributed by atoms with van der Waals surface area (Å²) in [6.45, 7) is 0. The molecule has 1 amide bonds. The molecule has 2 heterocycles. The number of aromatic nitrogens is 1. The van der Waals surface area contributed by atoms with Crippen LogP contribution in [-0.4, -0.2) is 19.3 Å². The average molecular weight is 545 g/mol. The number of nitrogens with zero attached hydrogens (tertiary/aromatic N) is 1. The van der Waals surface area contributed by atoms with Crippen molar-refractivity contribution in [3.8, 4) is 11.3 Å². The van der Waals surface area contributed by atoms with Crippen molar-refractivity contribution in [1.82, 2.24) is 4.98 Å². The van der Waals surface area contributed by atoms with Crippen molar-refractivity contribution in [2.45, 2.75) is 4.90 Å². The maximum atomic E-state index is 12.9. The predicted molar refractivity (Wildman–Crippen MR) is 132 cm³/mol. The van der Waals surface area contributed by atoms with Crippen LogP contribution in [0.5, 0.6) is 0 Å². The molecule has 0 saturated heterocycles. The van der Waals surface area contributed by atoms with Crippen LogP contribution in [0.1, 0.15) is 10.4 Å². The number of carbonyl (C=O) groups excluding carboxylic acids is 1. The number of thiazole rings is 1. The number of amides is 1. The van der Waals surface area contributed by atoms with Crippen LogP contribution in [0, 0.1) is 0 Å². The molecule has 32 heavy (non-hydrogen) atoms. The van der Waals surface area contributed by atoms with Crippen LogP contribution in [0.15, 0.2) is 64.9 Å². The van der Waals surface area contributed by atoms with Gasteiger partial charge in [-0.05, 0) is 42.5 Å². The number of rotatable bonds is 6. The standard InChI is InChI=1S/C20H12Cl3N3O3S3/c21-11-5-7-12(8-6-11)32(28,29)26-15-4-2-1-3-13(15)19(27)25-20-24-16(10-30-20)14-9-17(22)31-18(14)23/h1-10,26H,(H,24,25,27). The summed E-state index contributed by atoms with van der Waals surface area (Å²) in [4.78, 5) is 17.3. The van der Waals surface area contributed by atoms with Crippen molar-refractivity contribution >= 4 is 84.2 Å². The Kier molecular flexibility index (Phi) is 6.75. The second-order valence-corrected chi connectivity index (χ2v) is 11.6. The second kappa shape index (κ2) is 9.38. The van der Waals surface area contributed by atoms with Crippen LogP contribution >= 0.6 is 57.5 Å². The Bertz CT molecular complexity index is 1400. The van der Waals surface area contributed by atoms with Gasteiger partial charge >= 0.3 is 0 Å². The monoisotopic (exact) mass is 543 g/mol. The molecule has 0 aliphatic rings. The average Bonchev–Trinajstić information content (AvgIpc) is 3.33. The lowest BCUT2D eigenvalue weighted by Gasteiger charge is -2.12. The minimum Gasteiger partial charge on any atom is -0.298 e. The third-order valence-electron chi connectivity index (χ3n) is 4.20. The maximum Gasteiger partial charge on any atom is 0.261 e. The Hall–Kier alpha value is -2.14. The van der Waals surface area contributed by atoms with Gasteiger partial charge in [0.15, 0.2) is 5.13 Å². The van der Waals surface area contributed by atoms with Gasteiger partial charge in [0, 0.05) is 16.0 Å². The summed E-state index contributed by atoms with van der Waals surface area (Å²) in [6.07, 6.45) is 0. The van der Waals surface area contributed by atoms with Gasteiger partial charge in [-0.3, -0.25) is 14.8 Å². The first-order valence-corrected chi connectivity index (χ1v) is 13.1. The summed E-state index contributed by atoms with van der Waals surface area (Å²) >= 11 is 20.4. The molecule has 0 bridgehead atoms. The van der Waals surface area contributed by atoms with Crippen LogP contribution in [0.25, 0.3) is 11.3 Å². The largest absolute Gasteiger partial charge is 0.298 e. The highest BCUT2D eigenvalue weighted by atomic mass is 35.5. The predicted octanol–water partition coefficient (Wildman–Crippen LogP) is 6.88. The van der Waals surface area contributed by atoms with Crippen LogP contribution < -0.4 is 10.0 Å². The van der Waals surface area contributed by atoms with Crippen molar-refractivity contribution in [1.29, 1.82) is 0 Å². The molecule has 2 aromatic heterocycles. The lowest BCUT2D eigenvalue weighted by atomic mass is 10.2. The van der Waals surface area contributed by atoms with Gasteiger partial charge < -0.3 is 0 Å². The summed E-state index contributed by atoms with van der Waals surface area (Å²) in [5.74, 6) is -0.519. The normalized spacial score (nSPS) is 11.3. The zero-order valence-corrected chi connectivity index (χ0v) is 20.5. The molecule has 6 nitrogen and oxygen atoms in total. The van der Waals surface area contributed by atoms with Crippen molar-refractivity contribution in [2.75, 3.05) is 10.0 Å². The third-order valence-corrected chi connectivity index (χ3v) is 8.08. The highest BCUT2D eigenvalue weighted by molar-refractivity contribution is 7.92. The molecule has 2 aromatic carbocycles. The van der Waals surface area contributed by atoms with Gasteiger partial charge in [0.05, 0.1) is 26.2 Å². The molecule has 12 heteroatoms. The smallest absolute Gasteiger partial charge is 0.261 e. The van der Waals surface area contributed by atoms with Crippen LogP contribution in [0.3, 0.4) is 0 Å². The molecule has 0 aliphatic carbocycles. The van der Waals surface area contributed by atoms with E-state index < -0.39 is 15.9 Å². The number of hydrogen-bond acceptors (Lipinski definition) is 6. The Labute approximate surface area is 206 Å². The molecule has 0 aliphatic heterocycles. The molecule has 0 fully saturated rings. The molecule has 0 radical (unpaired) electrons. The zero-order valence-electron chi connectivity index (χ0n) is 15.8. The molecule has 0 saturated carbocycles.